The van der Waals surface area contributed by atoms with Crippen LogP contribution in [0.5, 0.6) is 0 Å². The molecule has 2 unspecified atom stereocenters. The maximum Gasteiger partial charge on any atom is 0.315 e. The van der Waals surface area contributed by atoms with Crippen molar-refractivity contribution in [1.82, 2.24) is 15.6 Å². The summed E-state index contributed by atoms with van der Waals surface area (Å²) in [6.07, 6.45) is 1.30. The van der Waals surface area contributed by atoms with Gasteiger partial charge in [0.2, 0.25) is 0 Å². The smallest absolute Gasteiger partial charge is 0.315 e. The minimum Gasteiger partial charge on any atom is -0.337 e. The minimum atomic E-state index is -0.307. The molecular formula is C7H16N6O. The van der Waals surface area contributed by atoms with Gasteiger partial charge in [-0.25, -0.2) is 4.79 Å². The number of carbonyl (C=O) groups excluding carboxylic acids is 1. The van der Waals surface area contributed by atoms with Crippen LogP contribution in [0.2, 0.25) is 0 Å². The van der Waals surface area contributed by atoms with Crippen molar-refractivity contribution in [1.29, 1.82) is 0 Å². The standard InChI is InChI=1S/C7H16N6O/c1-13-6(9)5(4-11-13)12-7(14)10-3-2-8/h4-6H,2-3,8-9H2,1H3,(H2,10,12,14). The molecule has 7 heteroatoms. The fraction of sp³-hybridized carbons (Fsp3) is 0.714. The number of nitrogens with zero attached hydrogens (tertiary/aromatic N) is 2. The molecule has 6 N–H and O–H groups in total. The molecule has 14 heavy (non-hydrogen) atoms. The van der Waals surface area contributed by atoms with Crippen molar-refractivity contribution in [3.63, 3.8) is 0 Å². The van der Waals surface area contributed by atoms with E-state index in [1.165, 1.54) is 0 Å². The number of amides is 2. The number of nitrogens with two attached hydrogens (primary N) is 2. The van der Waals surface area contributed by atoms with Gasteiger partial charge >= 0.3 is 6.03 Å². The summed E-state index contributed by atoms with van der Waals surface area (Å²) in [5.74, 6) is 0. The topological polar surface area (TPSA) is 109 Å². The highest BCUT2D eigenvalue weighted by molar-refractivity contribution is 5.80. The number of rotatable bonds is 3. The average molecular weight is 200 g/mol. The van der Waals surface area contributed by atoms with Gasteiger partial charge in [0.05, 0.1) is 6.21 Å². The molecule has 1 aliphatic heterocycles. The molecule has 1 aliphatic rings. The molecule has 0 spiro atoms. The van der Waals surface area contributed by atoms with Gasteiger partial charge in [0, 0.05) is 20.1 Å². The zero-order valence-corrected chi connectivity index (χ0v) is 8.10. The zero-order chi connectivity index (χ0) is 10.6. The van der Waals surface area contributed by atoms with E-state index < -0.39 is 0 Å². The van der Waals surface area contributed by atoms with Crippen molar-refractivity contribution in [2.75, 3.05) is 20.1 Å². The van der Waals surface area contributed by atoms with Crippen molar-refractivity contribution in [3.05, 3.63) is 0 Å². The lowest BCUT2D eigenvalue weighted by Gasteiger charge is -2.20. The molecular weight excluding hydrogens is 184 g/mol. The molecule has 2 amide bonds. The maximum absolute atomic E-state index is 11.2. The van der Waals surface area contributed by atoms with E-state index in [1.807, 2.05) is 0 Å². The Kier molecular flexibility index (Phi) is 3.66. The van der Waals surface area contributed by atoms with Crippen molar-refractivity contribution in [3.8, 4) is 0 Å². The first-order chi connectivity index (χ1) is 6.65. The van der Waals surface area contributed by atoms with E-state index in [9.17, 15) is 4.79 Å². The largest absolute Gasteiger partial charge is 0.337 e. The van der Waals surface area contributed by atoms with Crippen molar-refractivity contribution in [2.24, 2.45) is 16.6 Å². The summed E-state index contributed by atoms with van der Waals surface area (Å²) in [6, 6.07) is -0.532. The third-order valence-corrected chi connectivity index (χ3v) is 1.94. The number of likely N-dealkylation sites (N-methyl/N-ethyl adjacent to an activating group) is 1. The molecule has 1 rings (SSSR count). The molecule has 0 saturated carbocycles. The van der Waals surface area contributed by atoms with E-state index in [2.05, 4.69) is 15.7 Å². The van der Waals surface area contributed by atoms with Gasteiger partial charge in [-0.2, -0.15) is 5.10 Å². The summed E-state index contributed by atoms with van der Waals surface area (Å²) < 4.78 is 0. The SMILES string of the molecule is CN1N=CC(NC(=O)NCCN)C1N. The number of nitrogens with one attached hydrogen (secondary N) is 2. The zero-order valence-electron chi connectivity index (χ0n) is 8.10. The monoisotopic (exact) mass is 200 g/mol. The quantitative estimate of drug-likeness (QED) is 0.415. The Bertz CT molecular complexity index is 230. The number of hydrogen-bond donors (Lipinski definition) is 4. The highest BCUT2D eigenvalue weighted by Crippen LogP contribution is 2.02. The second kappa shape index (κ2) is 4.77. The second-order valence-electron chi connectivity index (χ2n) is 3.04. The Morgan fingerprint density at radius 3 is 2.93 bits per heavy atom. The van der Waals surface area contributed by atoms with Crippen LogP contribution in [-0.4, -0.2) is 49.6 Å². The summed E-state index contributed by atoms with van der Waals surface area (Å²) in [5.41, 5.74) is 11.0. The van der Waals surface area contributed by atoms with Crippen LogP contribution in [0.4, 0.5) is 4.79 Å². The van der Waals surface area contributed by atoms with E-state index in [-0.39, 0.29) is 18.2 Å². The van der Waals surface area contributed by atoms with Crippen molar-refractivity contribution >= 4 is 12.2 Å². The molecule has 0 radical (unpaired) electrons. The van der Waals surface area contributed by atoms with Crippen LogP contribution in [0.1, 0.15) is 0 Å². The lowest BCUT2D eigenvalue weighted by Crippen LogP contribution is -2.53. The van der Waals surface area contributed by atoms with Gasteiger partial charge in [0.25, 0.3) is 0 Å². The number of urea groups is 1. The van der Waals surface area contributed by atoms with Gasteiger partial charge < -0.3 is 22.1 Å². The molecule has 80 valence electrons. The molecule has 1 heterocycles. The molecule has 0 fully saturated rings. The van der Waals surface area contributed by atoms with Crippen LogP contribution in [0.25, 0.3) is 0 Å². The predicted octanol–water partition coefficient (Wildman–Crippen LogP) is -2.17. The molecule has 0 aliphatic carbocycles. The van der Waals surface area contributed by atoms with E-state index in [1.54, 1.807) is 18.3 Å². The van der Waals surface area contributed by atoms with Crippen molar-refractivity contribution < 1.29 is 4.79 Å². The van der Waals surface area contributed by atoms with E-state index in [4.69, 9.17) is 11.5 Å². The number of hydrogen-bond acceptors (Lipinski definition) is 5. The Balaban J connectivity index is 2.31. The fourth-order valence-electron chi connectivity index (χ4n) is 1.09. The van der Waals surface area contributed by atoms with Crippen LogP contribution in [0.3, 0.4) is 0 Å². The Labute approximate surface area is 82.5 Å². The van der Waals surface area contributed by atoms with Gasteiger partial charge in [0.1, 0.15) is 12.2 Å². The summed E-state index contributed by atoms with van der Waals surface area (Å²) in [6.45, 7) is 0.860. The van der Waals surface area contributed by atoms with E-state index in [0.29, 0.717) is 13.1 Å². The highest BCUT2D eigenvalue weighted by atomic mass is 16.2. The van der Waals surface area contributed by atoms with Crippen LogP contribution in [0, 0.1) is 0 Å². The van der Waals surface area contributed by atoms with Crippen LogP contribution < -0.4 is 22.1 Å². The summed E-state index contributed by atoms with van der Waals surface area (Å²) in [5, 5.41) is 10.8. The first-order valence-electron chi connectivity index (χ1n) is 4.42. The van der Waals surface area contributed by atoms with Gasteiger partial charge in [-0.05, 0) is 0 Å². The normalized spacial score (nSPS) is 25.2. The number of hydrazone groups is 1. The Morgan fingerprint density at radius 1 is 1.71 bits per heavy atom. The molecule has 0 aromatic carbocycles. The minimum absolute atomic E-state index is 0.252. The van der Waals surface area contributed by atoms with Crippen LogP contribution in [0.15, 0.2) is 5.10 Å². The molecule has 0 bridgehead atoms. The second-order valence-corrected chi connectivity index (χ2v) is 3.04. The van der Waals surface area contributed by atoms with Crippen LogP contribution >= 0.6 is 0 Å². The predicted molar refractivity (Wildman–Crippen MR) is 53.6 cm³/mol. The van der Waals surface area contributed by atoms with Crippen molar-refractivity contribution in [2.45, 2.75) is 12.2 Å². The number of carbonyl (C=O) groups is 1. The lowest BCUT2D eigenvalue weighted by molar-refractivity contribution is 0.227. The Morgan fingerprint density at radius 2 is 2.43 bits per heavy atom. The Hall–Kier alpha value is -1.34. The van der Waals surface area contributed by atoms with Gasteiger partial charge in [-0.15, -0.1) is 0 Å². The molecule has 0 aromatic heterocycles. The van der Waals surface area contributed by atoms with E-state index >= 15 is 0 Å². The summed E-state index contributed by atoms with van der Waals surface area (Å²) >= 11 is 0. The van der Waals surface area contributed by atoms with Gasteiger partial charge in [-0.3, -0.25) is 5.01 Å². The van der Waals surface area contributed by atoms with Gasteiger partial charge in [-0.1, -0.05) is 0 Å². The van der Waals surface area contributed by atoms with Crippen LogP contribution in [-0.2, 0) is 0 Å². The molecule has 0 aromatic rings. The molecule has 0 saturated heterocycles. The maximum atomic E-state index is 11.2. The van der Waals surface area contributed by atoms with E-state index in [0.717, 1.165) is 0 Å². The third-order valence-electron chi connectivity index (χ3n) is 1.94. The van der Waals surface area contributed by atoms with Gasteiger partial charge in [0.15, 0.2) is 0 Å². The summed E-state index contributed by atoms with van der Waals surface area (Å²) in [4.78, 5) is 11.2. The molecule has 7 nitrogen and oxygen atoms in total. The first kappa shape index (κ1) is 10.7. The highest BCUT2D eigenvalue weighted by Gasteiger charge is 2.25. The summed E-state index contributed by atoms with van der Waals surface area (Å²) in [7, 11) is 1.75. The third kappa shape index (κ3) is 2.57. The molecule has 2 atom stereocenters. The fourth-order valence-corrected chi connectivity index (χ4v) is 1.09. The lowest BCUT2D eigenvalue weighted by atomic mass is 10.3. The average Bonchev–Trinajstić information content (AvgIpc) is 2.46. The first-order valence-corrected chi connectivity index (χ1v) is 4.42.